The first-order valence-electron chi connectivity index (χ1n) is 15.4. The summed E-state index contributed by atoms with van der Waals surface area (Å²) in [5, 5.41) is 10.1. The third-order valence-electron chi connectivity index (χ3n) is 7.58. The van der Waals surface area contributed by atoms with Crippen LogP contribution in [0.4, 0.5) is 10.5 Å². The number of pyridine rings is 1. The Hall–Kier alpha value is -2.62. The largest absolute Gasteiger partial charge is 0.473 e. The maximum Gasteiger partial charge on any atom is 0.364 e. The Bertz CT molecular complexity index is 1020. The number of benzene rings is 1. The number of unbranched alkanes of at least 4 members (excludes halogenated alkanes) is 2. The third kappa shape index (κ3) is 13.1. The van der Waals surface area contributed by atoms with Crippen LogP contribution in [0.3, 0.4) is 0 Å². The minimum atomic E-state index is -0.829. The number of aromatic nitrogens is 1. The molecule has 3 unspecified atom stereocenters. The van der Waals surface area contributed by atoms with Crippen LogP contribution in [0.2, 0.25) is 0 Å². The summed E-state index contributed by atoms with van der Waals surface area (Å²) in [6.07, 6.45) is 18.0. The van der Waals surface area contributed by atoms with Crippen molar-refractivity contribution in [1.29, 1.82) is 0 Å². The van der Waals surface area contributed by atoms with Crippen LogP contribution in [0, 0.1) is 0 Å². The van der Waals surface area contributed by atoms with E-state index in [2.05, 4.69) is 53.3 Å². The molecule has 0 bridgehead atoms. The number of thioether (sulfide) groups is 1. The summed E-state index contributed by atoms with van der Waals surface area (Å²) in [7, 11) is 0. The van der Waals surface area contributed by atoms with Crippen LogP contribution in [0.25, 0.3) is 0 Å². The topological polar surface area (TPSA) is 101 Å². The molecule has 0 aliphatic carbocycles. The number of ether oxygens (including phenoxy) is 2. The van der Waals surface area contributed by atoms with Crippen molar-refractivity contribution in [2.45, 2.75) is 103 Å². The van der Waals surface area contributed by atoms with E-state index in [1.54, 1.807) is 0 Å². The molecule has 2 fully saturated rings. The number of anilines is 1. The summed E-state index contributed by atoms with van der Waals surface area (Å²) in [6.45, 7) is 9.47. The normalized spacial score (nSPS) is 20.6. The van der Waals surface area contributed by atoms with Crippen molar-refractivity contribution in [3.05, 3.63) is 53.9 Å². The number of rotatable bonds is 8. The number of nitrogens with zero attached hydrogens (tertiary/aromatic N) is 2. The number of hydrogen-bond acceptors (Lipinski definition) is 8. The van der Waals surface area contributed by atoms with Gasteiger partial charge in [0, 0.05) is 38.1 Å². The standard InChI is InChI=1S/C24H31N3O2.C5H12.C2H4O2S.C2H4O/c1-2-11-28-22(5-1)8-7-21-12-20(16-27(21)15-18-4-3-10-25-14-18)19-6-9-23-24(13-19)29-17-26-23;1-3-5-4-2;1-5-2(3)4;1-2-3/h3-4,6,9-10,13-14,20-22,26H,1-2,5,7-8,11-12,15-17H2;3-5H2,1-2H3;1H3,(H,3,4);2H,1H3. The molecule has 2 N–H and O–H groups in total. The highest BCUT2D eigenvalue weighted by Crippen LogP contribution is 2.39. The van der Waals surface area contributed by atoms with Gasteiger partial charge in [0.2, 0.25) is 0 Å². The van der Waals surface area contributed by atoms with Gasteiger partial charge in [-0.3, -0.25) is 9.88 Å². The maximum absolute atomic E-state index is 9.33. The van der Waals surface area contributed by atoms with Gasteiger partial charge in [0.25, 0.3) is 0 Å². The van der Waals surface area contributed by atoms with Gasteiger partial charge in [-0.05, 0) is 98.7 Å². The Morgan fingerprint density at radius 3 is 2.57 bits per heavy atom. The SMILES string of the molecule is CC=O.CCCCC.CSC(=O)O.c1cncc(CN2CC(c3ccc4c(c3)OCN4)CC2CCC2CCCCO2)c1. The van der Waals surface area contributed by atoms with Crippen molar-refractivity contribution >= 4 is 29.0 Å². The average molecular weight is 602 g/mol. The quantitative estimate of drug-likeness (QED) is 0.292. The first-order valence-corrected chi connectivity index (χ1v) is 16.6. The molecule has 3 aliphatic heterocycles. The molecule has 0 amide bonds. The lowest BCUT2D eigenvalue weighted by Crippen LogP contribution is -2.30. The van der Waals surface area contributed by atoms with Gasteiger partial charge in [0.05, 0.1) is 11.8 Å². The molecule has 4 heterocycles. The van der Waals surface area contributed by atoms with Crippen LogP contribution >= 0.6 is 11.8 Å². The number of likely N-dealkylation sites (tertiary alicyclic amines) is 1. The predicted octanol–water partition coefficient (Wildman–Crippen LogP) is 7.98. The van der Waals surface area contributed by atoms with Crippen molar-refractivity contribution in [1.82, 2.24) is 9.88 Å². The van der Waals surface area contributed by atoms with Crippen LogP contribution in [0.15, 0.2) is 42.7 Å². The molecule has 2 aromatic rings. The van der Waals surface area contributed by atoms with Crippen molar-refractivity contribution in [2.75, 3.05) is 31.5 Å². The summed E-state index contributed by atoms with van der Waals surface area (Å²) in [4.78, 5) is 25.1. The second-order valence-corrected chi connectivity index (χ2v) is 11.5. The molecule has 3 atom stereocenters. The predicted molar refractivity (Wildman–Crippen MR) is 173 cm³/mol. The van der Waals surface area contributed by atoms with Gasteiger partial charge < -0.3 is 24.7 Å². The van der Waals surface area contributed by atoms with Gasteiger partial charge >= 0.3 is 5.30 Å². The highest BCUT2D eigenvalue weighted by atomic mass is 32.2. The zero-order valence-electron chi connectivity index (χ0n) is 25.9. The molecule has 9 heteroatoms. The molecule has 42 heavy (non-hydrogen) atoms. The smallest absolute Gasteiger partial charge is 0.364 e. The van der Waals surface area contributed by atoms with Gasteiger partial charge in [-0.15, -0.1) is 0 Å². The van der Waals surface area contributed by atoms with E-state index in [1.807, 2.05) is 18.5 Å². The second kappa shape index (κ2) is 21.1. The summed E-state index contributed by atoms with van der Waals surface area (Å²) in [6, 6.07) is 11.5. The number of aldehydes is 1. The summed E-state index contributed by atoms with van der Waals surface area (Å²) in [5.74, 6) is 1.55. The Balaban J connectivity index is 0.000000402. The molecular weight excluding hydrogens is 550 g/mol. The molecule has 2 saturated heterocycles. The Morgan fingerprint density at radius 1 is 1.21 bits per heavy atom. The second-order valence-electron chi connectivity index (χ2n) is 10.7. The van der Waals surface area contributed by atoms with Crippen LogP contribution in [-0.4, -0.2) is 64.9 Å². The monoisotopic (exact) mass is 601 g/mol. The molecule has 3 aliphatic rings. The van der Waals surface area contributed by atoms with E-state index in [9.17, 15) is 4.79 Å². The van der Waals surface area contributed by atoms with E-state index in [0.717, 1.165) is 49.2 Å². The number of nitrogens with one attached hydrogen (secondary N) is 1. The highest BCUT2D eigenvalue weighted by molar-refractivity contribution is 8.12. The van der Waals surface area contributed by atoms with Gasteiger partial charge in [-0.25, -0.2) is 4.79 Å². The molecule has 1 aromatic carbocycles. The van der Waals surface area contributed by atoms with Gasteiger partial charge in [0.1, 0.15) is 12.0 Å². The average Bonchev–Trinajstić information content (AvgIpc) is 3.65. The van der Waals surface area contributed by atoms with Crippen molar-refractivity contribution < 1.29 is 24.2 Å². The van der Waals surface area contributed by atoms with E-state index in [0.29, 0.717) is 24.8 Å². The Kier molecular flexibility index (Phi) is 17.9. The Morgan fingerprint density at radius 2 is 1.98 bits per heavy atom. The molecule has 234 valence electrons. The van der Waals surface area contributed by atoms with E-state index in [4.69, 9.17) is 19.4 Å². The fraction of sp³-hybridized carbons (Fsp3) is 0.606. The van der Waals surface area contributed by atoms with E-state index in [-0.39, 0.29) is 0 Å². The lowest BCUT2D eigenvalue weighted by atomic mass is 9.93. The zero-order chi connectivity index (χ0) is 30.6. The van der Waals surface area contributed by atoms with Crippen molar-refractivity contribution in [2.24, 2.45) is 0 Å². The number of carbonyl (C=O) groups is 2. The summed E-state index contributed by atoms with van der Waals surface area (Å²) < 4.78 is 11.7. The Labute approximate surface area is 257 Å². The molecule has 0 saturated carbocycles. The van der Waals surface area contributed by atoms with Gasteiger partial charge in [-0.2, -0.15) is 0 Å². The van der Waals surface area contributed by atoms with Gasteiger partial charge in [-0.1, -0.05) is 45.2 Å². The molecule has 8 nitrogen and oxygen atoms in total. The molecular formula is C33H51N3O5S. The zero-order valence-corrected chi connectivity index (χ0v) is 26.7. The van der Waals surface area contributed by atoms with Gasteiger partial charge in [0.15, 0.2) is 6.73 Å². The van der Waals surface area contributed by atoms with E-state index < -0.39 is 5.30 Å². The van der Waals surface area contributed by atoms with E-state index in [1.165, 1.54) is 82.1 Å². The lowest BCUT2D eigenvalue weighted by Gasteiger charge is -2.28. The fourth-order valence-corrected chi connectivity index (χ4v) is 5.46. The molecule has 0 spiro atoms. The minimum absolute atomic E-state index is 0.461. The van der Waals surface area contributed by atoms with Crippen LogP contribution < -0.4 is 10.1 Å². The van der Waals surface area contributed by atoms with Crippen LogP contribution in [0.5, 0.6) is 5.75 Å². The number of carboxylic acid groups (broad SMARTS) is 1. The number of carbonyl (C=O) groups excluding carboxylic acids is 1. The first-order chi connectivity index (χ1) is 20.4. The fourth-order valence-electron chi connectivity index (χ4n) is 5.46. The third-order valence-corrected chi connectivity index (χ3v) is 7.93. The molecule has 5 rings (SSSR count). The highest BCUT2D eigenvalue weighted by Gasteiger charge is 2.34. The van der Waals surface area contributed by atoms with Crippen molar-refractivity contribution in [3.8, 4) is 5.75 Å². The first kappa shape index (κ1) is 35.6. The molecule has 0 radical (unpaired) electrons. The van der Waals surface area contributed by atoms with E-state index >= 15 is 0 Å². The van der Waals surface area contributed by atoms with Crippen molar-refractivity contribution in [3.63, 3.8) is 0 Å². The lowest BCUT2D eigenvalue weighted by molar-refractivity contribution is -0.106. The number of hydrogen-bond donors (Lipinski definition) is 2. The number of fused-ring (bicyclic) bond motifs is 1. The van der Waals surface area contributed by atoms with Crippen LogP contribution in [-0.2, 0) is 16.1 Å². The van der Waals surface area contributed by atoms with Crippen LogP contribution in [0.1, 0.15) is 95.6 Å². The summed E-state index contributed by atoms with van der Waals surface area (Å²) >= 11 is 0.796. The maximum atomic E-state index is 9.33. The molecule has 1 aromatic heterocycles. The minimum Gasteiger partial charge on any atom is -0.473 e. The summed E-state index contributed by atoms with van der Waals surface area (Å²) in [5.41, 5.74) is 3.82.